The lowest BCUT2D eigenvalue weighted by atomic mass is 9.99. The molecule has 0 saturated heterocycles. The van der Waals surface area contributed by atoms with Crippen molar-refractivity contribution in [1.29, 1.82) is 0 Å². The number of nitro benzene ring substituents is 1. The third-order valence-electron chi connectivity index (χ3n) is 3.41. The predicted octanol–water partition coefficient (Wildman–Crippen LogP) is 5.38. The van der Waals surface area contributed by atoms with Gasteiger partial charge in [-0.15, -0.1) is 0 Å². The largest absolute Gasteiger partial charge is 0.289 e. The van der Waals surface area contributed by atoms with Crippen molar-refractivity contribution >= 4 is 33.5 Å². The molecule has 0 aliphatic carbocycles. The molecule has 0 atom stereocenters. The van der Waals surface area contributed by atoms with Gasteiger partial charge in [-0.3, -0.25) is 14.9 Å². The van der Waals surface area contributed by atoms with Gasteiger partial charge in [0.15, 0.2) is 5.78 Å². The summed E-state index contributed by atoms with van der Waals surface area (Å²) in [7, 11) is 0. The van der Waals surface area contributed by atoms with Gasteiger partial charge >= 0.3 is 0 Å². The van der Waals surface area contributed by atoms with Gasteiger partial charge in [-0.2, -0.15) is 0 Å². The van der Waals surface area contributed by atoms with E-state index in [-0.39, 0.29) is 22.3 Å². The molecule has 0 heterocycles. The highest BCUT2D eigenvalue weighted by Crippen LogP contribution is 2.27. The zero-order chi connectivity index (χ0) is 17.0. The van der Waals surface area contributed by atoms with E-state index in [0.29, 0.717) is 16.7 Å². The zero-order valence-electron chi connectivity index (χ0n) is 12.8. The molecule has 5 heteroatoms. The third-order valence-corrected chi connectivity index (χ3v) is 3.90. The summed E-state index contributed by atoms with van der Waals surface area (Å²) in [6.45, 7) is 3.82. The lowest BCUT2D eigenvalue weighted by molar-refractivity contribution is -0.385. The lowest BCUT2D eigenvalue weighted by Gasteiger charge is -2.06. The highest BCUT2D eigenvalue weighted by atomic mass is 79.9. The average molecular weight is 374 g/mol. The van der Waals surface area contributed by atoms with Crippen molar-refractivity contribution < 1.29 is 9.72 Å². The van der Waals surface area contributed by atoms with E-state index < -0.39 is 0 Å². The normalized spacial score (nSPS) is 11.1. The summed E-state index contributed by atoms with van der Waals surface area (Å²) in [4.78, 5) is 22.9. The monoisotopic (exact) mass is 373 g/mol. The molecule has 0 spiro atoms. The zero-order valence-corrected chi connectivity index (χ0v) is 14.4. The van der Waals surface area contributed by atoms with Crippen LogP contribution >= 0.6 is 15.9 Å². The molecule has 4 nitrogen and oxygen atoms in total. The number of nitrogens with zero attached hydrogens (tertiary/aromatic N) is 1. The van der Waals surface area contributed by atoms with Gasteiger partial charge in [0.2, 0.25) is 0 Å². The van der Waals surface area contributed by atoms with Crippen LogP contribution in [0.15, 0.2) is 53.0 Å². The molecule has 0 aromatic heterocycles. The van der Waals surface area contributed by atoms with Gasteiger partial charge in [0.25, 0.3) is 5.69 Å². The van der Waals surface area contributed by atoms with Crippen LogP contribution in [0, 0.1) is 10.1 Å². The SMILES string of the molecule is CC(C)c1ccc(/C=C/C(=O)c2cccc(Br)c2)cc1[N+](=O)[O-]. The van der Waals surface area contributed by atoms with Crippen molar-refractivity contribution in [1.82, 2.24) is 0 Å². The molecule has 0 N–H and O–H groups in total. The standard InChI is InChI=1S/C18H16BrNO3/c1-12(2)16-8-6-13(10-17(16)20(22)23)7-9-18(21)14-4-3-5-15(19)11-14/h3-12H,1-2H3/b9-7+. The second-order valence-corrected chi connectivity index (χ2v) is 6.35. The summed E-state index contributed by atoms with van der Waals surface area (Å²) in [5.41, 5.74) is 1.95. The Morgan fingerprint density at radius 2 is 1.96 bits per heavy atom. The number of nitro groups is 1. The molecule has 118 valence electrons. The molecule has 2 aromatic carbocycles. The first kappa shape index (κ1) is 17.1. The van der Waals surface area contributed by atoms with Crippen LogP contribution in [0.4, 0.5) is 5.69 Å². The Morgan fingerprint density at radius 1 is 1.22 bits per heavy atom. The number of carbonyl (C=O) groups excluding carboxylic acids is 1. The van der Waals surface area contributed by atoms with Crippen molar-refractivity contribution in [3.63, 3.8) is 0 Å². The molecule has 0 aliphatic rings. The van der Waals surface area contributed by atoms with Gasteiger partial charge in [-0.25, -0.2) is 0 Å². The fourth-order valence-corrected chi connectivity index (χ4v) is 2.62. The van der Waals surface area contributed by atoms with Crippen molar-refractivity contribution in [3.05, 3.63) is 79.8 Å². The number of rotatable bonds is 5. The van der Waals surface area contributed by atoms with E-state index in [4.69, 9.17) is 0 Å². The number of hydrogen-bond donors (Lipinski definition) is 0. The average Bonchev–Trinajstić information content (AvgIpc) is 2.52. The number of halogens is 1. The molecule has 0 bridgehead atoms. The molecule has 2 rings (SSSR count). The Balaban J connectivity index is 2.27. The van der Waals surface area contributed by atoms with E-state index in [9.17, 15) is 14.9 Å². The van der Waals surface area contributed by atoms with Crippen molar-refractivity contribution in [2.24, 2.45) is 0 Å². The molecule has 2 aromatic rings. The number of ketones is 1. The van der Waals surface area contributed by atoms with Crippen LogP contribution in [0.3, 0.4) is 0 Å². The second kappa shape index (κ2) is 7.33. The summed E-state index contributed by atoms with van der Waals surface area (Å²) < 4.78 is 0.827. The van der Waals surface area contributed by atoms with E-state index in [1.54, 1.807) is 36.4 Å². The van der Waals surface area contributed by atoms with Gasteiger partial charge < -0.3 is 0 Å². The first-order chi connectivity index (χ1) is 10.9. The first-order valence-corrected chi connectivity index (χ1v) is 7.94. The minimum Gasteiger partial charge on any atom is -0.289 e. The van der Waals surface area contributed by atoms with E-state index in [1.807, 2.05) is 19.9 Å². The number of hydrogen-bond acceptors (Lipinski definition) is 3. The molecule has 0 radical (unpaired) electrons. The maximum Gasteiger partial charge on any atom is 0.273 e. The Morgan fingerprint density at radius 3 is 2.57 bits per heavy atom. The smallest absolute Gasteiger partial charge is 0.273 e. The minimum absolute atomic E-state index is 0.0664. The quantitative estimate of drug-likeness (QED) is 0.306. The fourth-order valence-electron chi connectivity index (χ4n) is 2.22. The molecular weight excluding hydrogens is 358 g/mol. The van der Waals surface area contributed by atoms with E-state index in [0.717, 1.165) is 4.47 Å². The van der Waals surface area contributed by atoms with Crippen LogP contribution in [-0.4, -0.2) is 10.7 Å². The van der Waals surface area contributed by atoms with Crippen LogP contribution in [-0.2, 0) is 0 Å². The highest BCUT2D eigenvalue weighted by molar-refractivity contribution is 9.10. The van der Waals surface area contributed by atoms with Crippen LogP contribution in [0.1, 0.15) is 41.3 Å². The maximum absolute atomic E-state index is 12.1. The fraction of sp³-hybridized carbons (Fsp3) is 0.167. The van der Waals surface area contributed by atoms with Crippen LogP contribution in [0.25, 0.3) is 6.08 Å². The van der Waals surface area contributed by atoms with Gasteiger partial charge in [-0.05, 0) is 29.7 Å². The molecule has 0 aliphatic heterocycles. The first-order valence-electron chi connectivity index (χ1n) is 7.15. The predicted molar refractivity (Wildman–Crippen MR) is 94.7 cm³/mol. The van der Waals surface area contributed by atoms with Crippen LogP contribution < -0.4 is 0 Å². The van der Waals surface area contributed by atoms with Gasteiger partial charge in [-0.1, -0.05) is 60.1 Å². The van der Waals surface area contributed by atoms with Crippen LogP contribution in [0.2, 0.25) is 0 Å². The third kappa shape index (κ3) is 4.36. The lowest BCUT2D eigenvalue weighted by Crippen LogP contribution is -1.98. The Labute approximate surface area is 143 Å². The van der Waals surface area contributed by atoms with Gasteiger partial charge in [0, 0.05) is 21.7 Å². The molecule has 0 fully saturated rings. The van der Waals surface area contributed by atoms with Gasteiger partial charge in [0.1, 0.15) is 0 Å². The minimum atomic E-state index is -0.386. The van der Waals surface area contributed by atoms with Gasteiger partial charge in [0.05, 0.1) is 4.92 Å². The van der Waals surface area contributed by atoms with Crippen molar-refractivity contribution in [3.8, 4) is 0 Å². The highest BCUT2D eigenvalue weighted by Gasteiger charge is 2.16. The Bertz CT molecular complexity index is 782. The summed E-state index contributed by atoms with van der Waals surface area (Å²) in [5, 5.41) is 11.2. The van der Waals surface area contributed by atoms with Crippen molar-refractivity contribution in [2.45, 2.75) is 19.8 Å². The van der Waals surface area contributed by atoms with E-state index >= 15 is 0 Å². The number of benzene rings is 2. The second-order valence-electron chi connectivity index (χ2n) is 5.44. The summed E-state index contributed by atoms with van der Waals surface area (Å²) in [6, 6.07) is 12.1. The summed E-state index contributed by atoms with van der Waals surface area (Å²) in [5.74, 6) is -0.0846. The summed E-state index contributed by atoms with van der Waals surface area (Å²) in [6.07, 6.45) is 3.02. The molecular formula is C18H16BrNO3. The number of allylic oxidation sites excluding steroid dienone is 1. The maximum atomic E-state index is 12.1. The Hall–Kier alpha value is -2.27. The van der Waals surface area contributed by atoms with E-state index in [1.165, 1.54) is 12.1 Å². The summed E-state index contributed by atoms with van der Waals surface area (Å²) >= 11 is 3.32. The molecule has 0 saturated carbocycles. The molecule has 0 unspecified atom stereocenters. The van der Waals surface area contributed by atoms with E-state index in [2.05, 4.69) is 15.9 Å². The van der Waals surface area contributed by atoms with Crippen LogP contribution in [0.5, 0.6) is 0 Å². The number of carbonyl (C=O) groups is 1. The molecule has 0 amide bonds. The van der Waals surface area contributed by atoms with Crippen molar-refractivity contribution in [2.75, 3.05) is 0 Å². The molecule has 23 heavy (non-hydrogen) atoms. The Kier molecular flexibility index (Phi) is 5.45. The topological polar surface area (TPSA) is 60.2 Å².